The summed E-state index contributed by atoms with van der Waals surface area (Å²) in [5.41, 5.74) is 1.30. The summed E-state index contributed by atoms with van der Waals surface area (Å²) in [4.78, 5) is 14.5. The standard InChI is InChI=1S/C16H23ClN2O3S/c1-4-15(16(20)18-9-5-6-10-18)19(23(3,21)22)13-8-7-12(2)14(17)11-13/h7-8,11,15H,4-6,9-10H2,1-3H3. The molecule has 0 saturated carbocycles. The van der Waals surface area contributed by atoms with Crippen molar-refractivity contribution in [1.82, 2.24) is 4.90 Å². The zero-order valence-corrected chi connectivity index (χ0v) is 15.3. The number of nitrogens with zero attached hydrogens (tertiary/aromatic N) is 2. The highest BCUT2D eigenvalue weighted by Gasteiger charge is 2.35. The van der Waals surface area contributed by atoms with Crippen LogP contribution < -0.4 is 4.31 Å². The van der Waals surface area contributed by atoms with Crippen LogP contribution in [0.4, 0.5) is 5.69 Å². The second kappa shape index (κ2) is 7.09. The minimum Gasteiger partial charge on any atom is -0.341 e. The third kappa shape index (κ3) is 3.98. The maximum Gasteiger partial charge on any atom is 0.246 e. The number of halogens is 1. The molecule has 23 heavy (non-hydrogen) atoms. The van der Waals surface area contributed by atoms with Gasteiger partial charge in [0, 0.05) is 18.1 Å². The summed E-state index contributed by atoms with van der Waals surface area (Å²) in [5, 5.41) is 0.486. The molecule has 1 aliphatic heterocycles. The van der Waals surface area contributed by atoms with E-state index in [9.17, 15) is 13.2 Å². The van der Waals surface area contributed by atoms with E-state index < -0.39 is 16.1 Å². The summed E-state index contributed by atoms with van der Waals surface area (Å²) in [6.07, 6.45) is 3.48. The molecule has 128 valence electrons. The van der Waals surface area contributed by atoms with Gasteiger partial charge in [0.1, 0.15) is 6.04 Å². The zero-order valence-electron chi connectivity index (χ0n) is 13.8. The van der Waals surface area contributed by atoms with Crippen LogP contribution >= 0.6 is 11.6 Å². The quantitative estimate of drug-likeness (QED) is 0.813. The minimum atomic E-state index is -3.61. The van der Waals surface area contributed by atoms with Crippen molar-refractivity contribution in [2.75, 3.05) is 23.7 Å². The number of amides is 1. The third-order valence-corrected chi connectivity index (χ3v) is 5.73. The van der Waals surface area contributed by atoms with Crippen LogP contribution in [0.2, 0.25) is 5.02 Å². The number of rotatable bonds is 5. The molecule has 1 unspecified atom stereocenters. The van der Waals surface area contributed by atoms with E-state index in [4.69, 9.17) is 11.6 Å². The molecule has 2 rings (SSSR count). The van der Waals surface area contributed by atoms with Gasteiger partial charge in [0.25, 0.3) is 0 Å². The summed E-state index contributed by atoms with van der Waals surface area (Å²) < 4.78 is 25.9. The van der Waals surface area contributed by atoms with E-state index in [2.05, 4.69) is 0 Å². The van der Waals surface area contributed by atoms with E-state index in [1.165, 1.54) is 4.31 Å². The molecule has 1 aliphatic rings. The van der Waals surface area contributed by atoms with Gasteiger partial charge in [-0.3, -0.25) is 9.10 Å². The van der Waals surface area contributed by atoms with Crippen LogP contribution in [0.5, 0.6) is 0 Å². The van der Waals surface area contributed by atoms with Gasteiger partial charge in [-0.25, -0.2) is 8.42 Å². The SMILES string of the molecule is CCC(C(=O)N1CCCC1)N(c1ccc(C)c(Cl)c1)S(C)(=O)=O. The van der Waals surface area contributed by atoms with Crippen molar-refractivity contribution >= 4 is 33.2 Å². The highest BCUT2D eigenvalue weighted by molar-refractivity contribution is 7.92. The highest BCUT2D eigenvalue weighted by atomic mass is 35.5. The fourth-order valence-corrected chi connectivity index (χ4v) is 4.28. The van der Waals surface area contributed by atoms with Crippen molar-refractivity contribution in [3.63, 3.8) is 0 Å². The first-order valence-corrected chi connectivity index (χ1v) is 10.0. The molecule has 5 nitrogen and oxygen atoms in total. The molecule has 0 aliphatic carbocycles. The van der Waals surface area contributed by atoms with Crippen molar-refractivity contribution < 1.29 is 13.2 Å². The summed E-state index contributed by atoms with van der Waals surface area (Å²) in [7, 11) is -3.61. The van der Waals surface area contributed by atoms with Crippen LogP contribution in [0.25, 0.3) is 0 Å². The Hall–Kier alpha value is -1.27. The molecule has 1 amide bonds. The lowest BCUT2D eigenvalue weighted by molar-refractivity contribution is -0.131. The summed E-state index contributed by atoms with van der Waals surface area (Å²) in [5.74, 6) is -0.132. The Labute approximate surface area is 143 Å². The van der Waals surface area contributed by atoms with Crippen molar-refractivity contribution in [2.45, 2.75) is 39.2 Å². The molecule has 0 N–H and O–H groups in total. The Morgan fingerprint density at radius 2 is 1.96 bits per heavy atom. The highest BCUT2D eigenvalue weighted by Crippen LogP contribution is 2.28. The number of hydrogen-bond donors (Lipinski definition) is 0. The van der Waals surface area contributed by atoms with E-state index in [0.717, 1.165) is 24.7 Å². The molecule has 0 spiro atoms. The van der Waals surface area contributed by atoms with Crippen LogP contribution in [-0.2, 0) is 14.8 Å². The van der Waals surface area contributed by atoms with Gasteiger partial charge in [-0.1, -0.05) is 24.6 Å². The van der Waals surface area contributed by atoms with E-state index >= 15 is 0 Å². The lowest BCUT2D eigenvalue weighted by atomic mass is 10.1. The Morgan fingerprint density at radius 3 is 2.43 bits per heavy atom. The first-order valence-electron chi connectivity index (χ1n) is 7.80. The average Bonchev–Trinajstić information content (AvgIpc) is 3.00. The van der Waals surface area contributed by atoms with Crippen molar-refractivity contribution in [2.24, 2.45) is 0 Å². The molecular formula is C16H23ClN2O3S. The predicted molar refractivity (Wildman–Crippen MR) is 93.4 cm³/mol. The molecule has 0 radical (unpaired) electrons. The van der Waals surface area contributed by atoms with Gasteiger partial charge in [-0.15, -0.1) is 0 Å². The molecule has 1 atom stereocenters. The first-order chi connectivity index (χ1) is 10.8. The van der Waals surface area contributed by atoms with Gasteiger partial charge in [-0.05, 0) is 43.9 Å². The molecule has 0 aromatic heterocycles. The molecule has 1 saturated heterocycles. The Balaban J connectivity index is 2.43. The number of likely N-dealkylation sites (tertiary alicyclic amines) is 1. The summed E-state index contributed by atoms with van der Waals surface area (Å²) in [6, 6.07) is 4.34. The van der Waals surface area contributed by atoms with E-state index in [-0.39, 0.29) is 5.91 Å². The molecule has 0 bridgehead atoms. The maximum atomic E-state index is 12.8. The van der Waals surface area contributed by atoms with Crippen LogP contribution in [0.1, 0.15) is 31.7 Å². The molecule has 1 fully saturated rings. The normalized spacial score (nSPS) is 16.4. The number of aryl methyl sites for hydroxylation is 1. The van der Waals surface area contributed by atoms with Gasteiger partial charge >= 0.3 is 0 Å². The van der Waals surface area contributed by atoms with Crippen LogP contribution in [-0.4, -0.2) is 44.6 Å². The Kier molecular flexibility index (Phi) is 5.57. The zero-order chi connectivity index (χ0) is 17.2. The maximum absolute atomic E-state index is 12.8. The number of anilines is 1. The molecule has 1 heterocycles. The lowest BCUT2D eigenvalue weighted by Crippen LogP contribution is -2.50. The number of carbonyl (C=O) groups is 1. The average molecular weight is 359 g/mol. The largest absolute Gasteiger partial charge is 0.341 e. The van der Waals surface area contributed by atoms with E-state index in [1.54, 1.807) is 23.1 Å². The number of hydrogen-bond acceptors (Lipinski definition) is 3. The fraction of sp³-hybridized carbons (Fsp3) is 0.562. The van der Waals surface area contributed by atoms with Crippen LogP contribution in [0.15, 0.2) is 18.2 Å². The monoisotopic (exact) mass is 358 g/mol. The molecule has 1 aromatic carbocycles. The fourth-order valence-electron chi connectivity index (χ4n) is 2.91. The van der Waals surface area contributed by atoms with Crippen LogP contribution in [0, 0.1) is 6.92 Å². The Bertz CT molecular complexity index is 685. The lowest BCUT2D eigenvalue weighted by Gasteiger charge is -2.32. The van der Waals surface area contributed by atoms with Gasteiger partial charge in [-0.2, -0.15) is 0 Å². The number of carbonyl (C=O) groups excluding carboxylic acids is 1. The van der Waals surface area contributed by atoms with Gasteiger partial charge in [0.15, 0.2) is 0 Å². The second-order valence-corrected chi connectivity index (χ2v) is 8.22. The summed E-state index contributed by atoms with van der Waals surface area (Å²) >= 11 is 6.15. The van der Waals surface area contributed by atoms with Gasteiger partial charge in [0.2, 0.25) is 15.9 Å². The minimum absolute atomic E-state index is 0.132. The van der Waals surface area contributed by atoms with Crippen molar-refractivity contribution in [3.05, 3.63) is 28.8 Å². The molecular weight excluding hydrogens is 336 g/mol. The van der Waals surface area contributed by atoms with E-state index in [1.807, 2.05) is 13.8 Å². The Morgan fingerprint density at radius 1 is 1.35 bits per heavy atom. The summed E-state index contributed by atoms with van der Waals surface area (Å²) in [6.45, 7) is 5.07. The van der Waals surface area contributed by atoms with Crippen LogP contribution in [0.3, 0.4) is 0 Å². The van der Waals surface area contributed by atoms with Crippen molar-refractivity contribution in [1.29, 1.82) is 0 Å². The van der Waals surface area contributed by atoms with Gasteiger partial charge < -0.3 is 4.90 Å². The smallest absolute Gasteiger partial charge is 0.246 e. The van der Waals surface area contributed by atoms with Gasteiger partial charge in [0.05, 0.1) is 11.9 Å². The first kappa shape index (κ1) is 18.1. The third-order valence-electron chi connectivity index (χ3n) is 4.14. The topological polar surface area (TPSA) is 57.7 Å². The van der Waals surface area contributed by atoms with E-state index in [0.29, 0.717) is 30.2 Å². The predicted octanol–water partition coefficient (Wildman–Crippen LogP) is 2.82. The number of benzene rings is 1. The molecule has 1 aromatic rings. The second-order valence-electron chi connectivity index (χ2n) is 5.95. The molecule has 7 heteroatoms. The number of sulfonamides is 1. The van der Waals surface area contributed by atoms with Crippen molar-refractivity contribution in [3.8, 4) is 0 Å².